The number of urea groups is 1. The molecule has 2 N–H and O–H groups in total. The minimum atomic E-state index is -0.209. The summed E-state index contributed by atoms with van der Waals surface area (Å²) in [6.07, 6.45) is 5.93. The van der Waals surface area contributed by atoms with Gasteiger partial charge in [0.15, 0.2) is 0 Å². The van der Waals surface area contributed by atoms with Crippen LogP contribution in [-0.4, -0.2) is 23.1 Å². The van der Waals surface area contributed by atoms with Gasteiger partial charge < -0.3 is 15.4 Å². The molecule has 0 saturated carbocycles. The molecule has 22 heavy (non-hydrogen) atoms. The number of carbonyl (C=O) groups excluding carboxylic acids is 1. The fraction of sp³-hybridized carbons (Fsp3) is 0.312. The molecule has 2 amide bonds. The summed E-state index contributed by atoms with van der Waals surface area (Å²) in [6.45, 7) is 2.44. The molecule has 6 nitrogen and oxygen atoms in total. The van der Waals surface area contributed by atoms with E-state index in [1.807, 2.05) is 25.1 Å². The Morgan fingerprint density at radius 1 is 1.27 bits per heavy atom. The second-order valence-corrected chi connectivity index (χ2v) is 4.78. The fourth-order valence-electron chi connectivity index (χ4n) is 2.04. The lowest BCUT2D eigenvalue weighted by Gasteiger charge is -2.17. The zero-order valence-corrected chi connectivity index (χ0v) is 12.7. The lowest BCUT2D eigenvalue weighted by atomic mass is 10.1. The second kappa shape index (κ2) is 7.97. The van der Waals surface area contributed by atoms with Crippen molar-refractivity contribution in [1.29, 1.82) is 0 Å². The number of nitrogens with zero attached hydrogens (tertiary/aromatic N) is 2. The van der Waals surface area contributed by atoms with E-state index in [0.29, 0.717) is 12.4 Å². The molecule has 2 aromatic heterocycles. The van der Waals surface area contributed by atoms with Crippen LogP contribution in [0.5, 0.6) is 5.88 Å². The number of pyridine rings is 2. The Morgan fingerprint density at radius 2 is 2.05 bits per heavy atom. The molecule has 116 valence electrons. The largest absolute Gasteiger partial charge is 0.481 e. The van der Waals surface area contributed by atoms with E-state index in [9.17, 15) is 4.79 Å². The maximum Gasteiger partial charge on any atom is 0.315 e. The maximum atomic E-state index is 12.0. The van der Waals surface area contributed by atoms with Crippen LogP contribution in [0.4, 0.5) is 4.79 Å². The Bertz CT molecular complexity index is 587. The molecular weight excluding hydrogens is 280 g/mol. The molecule has 0 bridgehead atoms. The molecule has 2 aromatic rings. The van der Waals surface area contributed by atoms with Gasteiger partial charge >= 0.3 is 6.03 Å². The number of carbonyl (C=O) groups is 1. The predicted octanol–water partition coefficient (Wildman–Crippen LogP) is 2.44. The number of rotatable bonds is 6. The standard InChI is InChI=1S/C16H20N4O2/c1-3-14(13-6-8-17-9-7-13)20-16(21)19-11-12-4-5-15(22-2)18-10-12/h4-10,14H,3,11H2,1-2H3,(H2,19,20,21)/t14-/m0/s1. The Morgan fingerprint density at radius 3 is 2.64 bits per heavy atom. The molecule has 0 saturated heterocycles. The summed E-state index contributed by atoms with van der Waals surface area (Å²) in [4.78, 5) is 20.1. The van der Waals surface area contributed by atoms with Gasteiger partial charge in [0.1, 0.15) is 0 Å². The second-order valence-electron chi connectivity index (χ2n) is 4.78. The average Bonchev–Trinajstić information content (AvgIpc) is 2.59. The van der Waals surface area contributed by atoms with Crippen LogP contribution in [0.15, 0.2) is 42.9 Å². The lowest BCUT2D eigenvalue weighted by Crippen LogP contribution is -2.37. The molecule has 2 heterocycles. The molecule has 1 atom stereocenters. The highest BCUT2D eigenvalue weighted by atomic mass is 16.5. The SMILES string of the molecule is CC[C@H](NC(=O)NCc1ccc(OC)nc1)c1ccncc1. The molecule has 0 aliphatic carbocycles. The first-order valence-electron chi connectivity index (χ1n) is 7.16. The Labute approximate surface area is 129 Å². The first kappa shape index (κ1) is 15.8. The molecule has 0 unspecified atom stereocenters. The van der Waals surface area contributed by atoms with Crippen LogP contribution in [0.25, 0.3) is 0 Å². The zero-order chi connectivity index (χ0) is 15.8. The van der Waals surface area contributed by atoms with Crippen LogP contribution in [0.2, 0.25) is 0 Å². The van der Waals surface area contributed by atoms with Gasteiger partial charge in [0, 0.05) is 31.2 Å². The third kappa shape index (κ3) is 4.44. The minimum Gasteiger partial charge on any atom is -0.481 e. The van der Waals surface area contributed by atoms with Crippen LogP contribution in [-0.2, 0) is 6.54 Å². The van der Waals surface area contributed by atoms with E-state index in [2.05, 4.69) is 20.6 Å². The first-order chi connectivity index (χ1) is 10.7. The van der Waals surface area contributed by atoms with E-state index in [4.69, 9.17) is 4.74 Å². The molecule has 2 rings (SSSR count). The van der Waals surface area contributed by atoms with Gasteiger partial charge in [-0.05, 0) is 29.7 Å². The van der Waals surface area contributed by atoms with E-state index in [1.54, 1.807) is 31.8 Å². The highest BCUT2D eigenvalue weighted by molar-refractivity contribution is 5.74. The molecule has 0 spiro atoms. The summed E-state index contributed by atoms with van der Waals surface area (Å²) in [5, 5.41) is 5.78. The molecule has 0 aliphatic heterocycles. The molecule has 0 aromatic carbocycles. The van der Waals surface area contributed by atoms with Gasteiger partial charge in [-0.2, -0.15) is 0 Å². The van der Waals surface area contributed by atoms with Crippen LogP contribution in [0.1, 0.15) is 30.5 Å². The van der Waals surface area contributed by atoms with Crippen molar-refractivity contribution in [2.24, 2.45) is 0 Å². The number of hydrogen-bond acceptors (Lipinski definition) is 4. The van der Waals surface area contributed by atoms with Crippen molar-refractivity contribution < 1.29 is 9.53 Å². The molecule has 0 aliphatic rings. The van der Waals surface area contributed by atoms with Crippen molar-refractivity contribution in [3.63, 3.8) is 0 Å². The quantitative estimate of drug-likeness (QED) is 0.859. The monoisotopic (exact) mass is 300 g/mol. The maximum absolute atomic E-state index is 12.0. The van der Waals surface area contributed by atoms with E-state index in [1.165, 1.54) is 0 Å². The van der Waals surface area contributed by atoms with Gasteiger partial charge in [-0.1, -0.05) is 13.0 Å². The summed E-state index contributed by atoms with van der Waals surface area (Å²) in [5.41, 5.74) is 1.95. The summed E-state index contributed by atoms with van der Waals surface area (Å²) in [5.74, 6) is 0.553. The number of amides is 2. The Hall–Kier alpha value is -2.63. The van der Waals surface area contributed by atoms with Crippen molar-refractivity contribution in [2.45, 2.75) is 25.9 Å². The van der Waals surface area contributed by atoms with E-state index in [0.717, 1.165) is 17.5 Å². The van der Waals surface area contributed by atoms with Gasteiger partial charge in [0.2, 0.25) is 5.88 Å². The summed E-state index contributed by atoms with van der Waals surface area (Å²) < 4.78 is 5.00. The number of nitrogens with one attached hydrogen (secondary N) is 2. The highest BCUT2D eigenvalue weighted by Gasteiger charge is 2.12. The topological polar surface area (TPSA) is 76.1 Å². The minimum absolute atomic E-state index is 0.0306. The summed E-state index contributed by atoms with van der Waals surface area (Å²) >= 11 is 0. The van der Waals surface area contributed by atoms with Crippen LogP contribution >= 0.6 is 0 Å². The highest BCUT2D eigenvalue weighted by Crippen LogP contribution is 2.14. The summed E-state index contributed by atoms with van der Waals surface area (Å²) in [6, 6.07) is 7.20. The van der Waals surface area contributed by atoms with Gasteiger partial charge in [-0.15, -0.1) is 0 Å². The van der Waals surface area contributed by atoms with Gasteiger partial charge in [0.05, 0.1) is 13.2 Å². The normalized spacial score (nSPS) is 11.5. The average molecular weight is 300 g/mol. The van der Waals surface area contributed by atoms with Gasteiger partial charge in [-0.3, -0.25) is 4.98 Å². The van der Waals surface area contributed by atoms with Crippen molar-refractivity contribution in [3.8, 4) is 5.88 Å². The van der Waals surface area contributed by atoms with E-state index < -0.39 is 0 Å². The Balaban J connectivity index is 1.86. The van der Waals surface area contributed by atoms with E-state index >= 15 is 0 Å². The number of ether oxygens (including phenoxy) is 1. The smallest absolute Gasteiger partial charge is 0.315 e. The zero-order valence-electron chi connectivity index (χ0n) is 12.7. The van der Waals surface area contributed by atoms with Crippen LogP contribution < -0.4 is 15.4 Å². The van der Waals surface area contributed by atoms with Crippen molar-refractivity contribution in [2.75, 3.05) is 7.11 Å². The third-order valence-electron chi connectivity index (χ3n) is 3.28. The van der Waals surface area contributed by atoms with Gasteiger partial charge in [0.25, 0.3) is 0 Å². The predicted molar refractivity (Wildman–Crippen MR) is 83.4 cm³/mol. The number of hydrogen-bond donors (Lipinski definition) is 2. The van der Waals surface area contributed by atoms with Crippen molar-refractivity contribution in [3.05, 3.63) is 54.0 Å². The lowest BCUT2D eigenvalue weighted by molar-refractivity contribution is 0.236. The fourth-order valence-corrected chi connectivity index (χ4v) is 2.04. The summed E-state index contributed by atoms with van der Waals surface area (Å²) in [7, 11) is 1.57. The molecule has 6 heteroatoms. The molecule has 0 fully saturated rings. The van der Waals surface area contributed by atoms with E-state index in [-0.39, 0.29) is 12.1 Å². The van der Waals surface area contributed by atoms with Crippen LogP contribution in [0.3, 0.4) is 0 Å². The number of aromatic nitrogens is 2. The Kier molecular flexibility index (Phi) is 5.71. The van der Waals surface area contributed by atoms with Crippen molar-refractivity contribution in [1.82, 2.24) is 20.6 Å². The third-order valence-corrected chi connectivity index (χ3v) is 3.28. The van der Waals surface area contributed by atoms with Crippen LogP contribution in [0, 0.1) is 0 Å². The van der Waals surface area contributed by atoms with Crippen molar-refractivity contribution >= 4 is 6.03 Å². The number of methoxy groups -OCH3 is 1. The molecular formula is C16H20N4O2. The van der Waals surface area contributed by atoms with Gasteiger partial charge in [-0.25, -0.2) is 9.78 Å². The first-order valence-corrected chi connectivity index (χ1v) is 7.16. The molecule has 0 radical (unpaired) electrons.